The van der Waals surface area contributed by atoms with Crippen LogP contribution in [-0.4, -0.2) is 61.3 Å². The molecule has 0 bridgehead atoms. The summed E-state index contributed by atoms with van der Waals surface area (Å²) >= 11 is 0. The minimum absolute atomic E-state index is 0.0428. The van der Waals surface area contributed by atoms with E-state index in [-0.39, 0.29) is 23.5 Å². The van der Waals surface area contributed by atoms with E-state index in [1.165, 1.54) is 64.7 Å². The Labute approximate surface area is 287 Å². The Morgan fingerprint density at radius 2 is 1.06 bits per heavy atom. The number of rotatable bonds is 33. The van der Waals surface area contributed by atoms with Gasteiger partial charge in [-0.2, -0.15) is 0 Å². The Hall–Kier alpha value is -2.30. The Morgan fingerprint density at radius 1 is 0.596 bits per heavy atom. The number of Topliss-reactive ketones (excluding diaryl/α,β-unsaturated/α-hetero) is 1. The maximum absolute atomic E-state index is 12.4. The lowest BCUT2D eigenvalue weighted by Gasteiger charge is -2.16. The molecule has 47 heavy (non-hydrogen) atoms. The van der Waals surface area contributed by atoms with Gasteiger partial charge in [-0.3, -0.25) is 19.2 Å². The number of allylic oxidation sites excluding steroid dienone is 2. The minimum atomic E-state index is -0.606. The minimum Gasteiger partial charge on any atom is -0.355 e. The van der Waals surface area contributed by atoms with E-state index in [9.17, 15) is 19.2 Å². The molecule has 3 unspecified atom stereocenters. The van der Waals surface area contributed by atoms with Crippen molar-refractivity contribution in [1.29, 1.82) is 0 Å². The number of unbranched alkanes of at least 4 members (excludes halogenated alkanes) is 14. The molecule has 0 radical (unpaired) electrons. The summed E-state index contributed by atoms with van der Waals surface area (Å²) in [5, 5.41) is 8.59. The van der Waals surface area contributed by atoms with E-state index in [0.29, 0.717) is 64.6 Å². The van der Waals surface area contributed by atoms with E-state index in [0.717, 1.165) is 44.9 Å². The third-order valence-electron chi connectivity index (χ3n) is 8.59. The van der Waals surface area contributed by atoms with Crippen molar-refractivity contribution in [3.05, 3.63) is 12.2 Å². The van der Waals surface area contributed by atoms with Crippen molar-refractivity contribution in [3.63, 3.8) is 0 Å². The highest BCUT2D eigenvalue weighted by atomic mass is 16.2. The zero-order valence-electron chi connectivity index (χ0n) is 30.1. The Kier molecular flexibility index (Phi) is 30.7. The molecule has 0 fully saturated rings. The van der Waals surface area contributed by atoms with Crippen molar-refractivity contribution >= 4 is 23.5 Å². The maximum Gasteiger partial charge on any atom is 0.236 e. The SMILES string of the molecule is CCCCCCCCC=CCCCCCCCC(=O)NC(CCCCNC(=O)C(N)CCCCNC(=O)C(N)CCCCN)C(C)=O. The second-order valence-corrected chi connectivity index (χ2v) is 13.1. The van der Waals surface area contributed by atoms with Crippen LogP contribution in [0.2, 0.25) is 0 Å². The number of hydrogen-bond acceptors (Lipinski definition) is 7. The predicted molar refractivity (Wildman–Crippen MR) is 195 cm³/mol. The number of carbonyl (C=O) groups is 4. The average molecular weight is 665 g/mol. The maximum atomic E-state index is 12.4. The van der Waals surface area contributed by atoms with Crippen LogP contribution in [0.5, 0.6) is 0 Å². The van der Waals surface area contributed by atoms with Crippen LogP contribution in [0.25, 0.3) is 0 Å². The highest BCUT2D eigenvalue weighted by Crippen LogP contribution is 2.11. The largest absolute Gasteiger partial charge is 0.355 e. The van der Waals surface area contributed by atoms with Gasteiger partial charge in [-0.1, -0.05) is 76.9 Å². The fourth-order valence-electron chi connectivity index (χ4n) is 5.42. The molecule has 274 valence electrons. The average Bonchev–Trinajstić information content (AvgIpc) is 3.05. The molecule has 0 saturated heterocycles. The Morgan fingerprint density at radius 3 is 1.57 bits per heavy atom. The summed E-state index contributed by atoms with van der Waals surface area (Å²) in [4.78, 5) is 48.8. The number of carbonyl (C=O) groups excluding carboxylic acids is 4. The monoisotopic (exact) mass is 665 g/mol. The van der Waals surface area contributed by atoms with Crippen molar-refractivity contribution in [2.45, 2.75) is 180 Å². The summed E-state index contributed by atoms with van der Waals surface area (Å²) < 4.78 is 0. The summed E-state index contributed by atoms with van der Waals surface area (Å²) in [7, 11) is 0. The van der Waals surface area contributed by atoms with Gasteiger partial charge in [0.1, 0.15) is 0 Å². The third-order valence-corrected chi connectivity index (χ3v) is 8.59. The van der Waals surface area contributed by atoms with Gasteiger partial charge in [-0.25, -0.2) is 0 Å². The third kappa shape index (κ3) is 28.4. The van der Waals surface area contributed by atoms with E-state index >= 15 is 0 Å². The number of nitrogens with one attached hydrogen (secondary N) is 3. The van der Waals surface area contributed by atoms with Gasteiger partial charge >= 0.3 is 0 Å². The molecule has 3 atom stereocenters. The van der Waals surface area contributed by atoms with Crippen LogP contribution in [0.1, 0.15) is 162 Å². The summed E-state index contributed by atoms with van der Waals surface area (Å²) in [6.45, 7) is 5.33. The van der Waals surface area contributed by atoms with Crippen molar-refractivity contribution in [2.24, 2.45) is 17.2 Å². The molecule has 0 saturated carbocycles. The molecular weight excluding hydrogens is 592 g/mol. The first-order valence-corrected chi connectivity index (χ1v) is 18.9. The molecule has 10 heteroatoms. The Bertz CT molecular complexity index is 838. The van der Waals surface area contributed by atoms with Gasteiger partial charge in [0.25, 0.3) is 0 Å². The van der Waals surface area contributed by atoms with Crippen LogP contribution in [-0.2, 0) is 19.2 Å². The predicted octanol–water partition coefficient (Wildman–Crippen LogP) is 5.45. The van der Waals surface area contributed by atoms with Gasteiger partial charge < -0.3 is 33.2 Å². The molecule has 0 heterocycles. The summed E-state index contributed by atoms with van der Waals surface area (Å²) in [6, 6.07) is -1.60. The van der Waals surface area contributed by atoms with Crippen LogP contribution in [0.3, 0.4) is 0 Å². The number of nitrogens with two attached hydrogens (primary N) is 3. The molecular formula is C37H72N6O4. The molecule has 0 aliphatic carbocycles. The van der Waals surface area contributed by atoms with Crippen molar-refractivity contribution in [3.8, 4) is 0 Å². The second-order valence-electron chi connectivity index (χ2n) is 13.1. The van der Waals surface area contributed by atoms with Crippen molar-refractivity contribution < 1.29 is 19.2 Å². The first-order valence-electron chi connectivity index (χ1n) is 18.9. The lowest BCUT2D eigenvalue weighted by molar-refractivity contribution is -0.127. The lowest BCUT2D eigenvalue weighted by Crippen LogP contribution is -2.42. The highest BCUT2D eigenvalue weighted by molar-refractivity contribution is 5.87. The van der Waals surface area contributed by atoms with E-state index in [1.54, 1.807) is 0 Å². The standard InChI is InChI=1S/C37H72N6O4/c1-3-4-5-6-7-8-9-10-11-12-13-14-15-16-17-27-35(45)43-34(31(2)44)26-20-23-30-42-37(47)33(40)25-19-22-29-41-36(46)32(39)24-18-21-28-38/h10-11,32-34H,3-9,12-30,38-40H2,1-2H3,(H,41,46)(H,42,47)(H,43,45). The molecule has 10 nitrogen and oxygen atoms in total. The van der Waals surface area contributed by atoms with Crippen LogP contribution in [0.4, 0.5) is 0 Å². The summed E-state index contributed by atoms with van der Waals surface area (Å²) in [5.74, 6) is -0.466. The van der Waals surface area contributed by atoms with E-state index in [4.69, 9.17) is 17.2 Å². The summed E-state index contributed by atoms with van der Waals surface area (Å²) in [5.41, 5.74) is 17.4. The molecule has 0 aliphatic rings. The number of ketones is 1. The highest BCUT2D eigenvalue weighted by Gasteiger charge is 2.17. The zero-order chi connectivity index (χ0) is 35.0. The fraction of sp³-hybridized carbons (Fsp3) is 0.838. The van der Waals surface area contributed by atoms with Gasteiger partial charge in [0.2, 0.25) is 17.7 Å². The zero-order valence-corrected chi connectivity index (χ0v) is 30.1. The van der Waals surface area contributed by atoms with Crippen LogP contribution < -0.4 is 33.2 Å². The molecule has 0 aromatic heterocycles. The molecule has 9 N–H and O–H groups in total. The summed E-state index contributed by atoms with van der Waals surface area (Å²) in [6.07, 6.45) is 27.1. The normalized spacial score (nSPS) is 13.3. The fourth-order valence-corrected chi connectivity index (χ4v) is 5.42. The van der Waals surface area contributed by atoms with Gasteiger partial charge in [0.05, 0.1) is 18.1 Å². The van der Waals surface area contributed by atoms with Gasteiger partial charge in [-0.05, 0) is 96.9 Å². The molecule has 0 aromatic rings. The second kappa shape index (κ2) is 32.3. The van der Waals surface area contributed by atoms with Crippen molar-refractivity contribution in [1.82, 2.24) is 16.0 Å². The van der Waals surface area contributed by atoms with E-state index < -0.39 is 18.1 Å². The van der Waals surface area contributed by atoms with Crippen LogP contribution in [0, 0.1) is 0 Å². The molecule has 0 rings (SSSR count). The number of amides is 3. The molecule has 0 aromatic carbocycles. The van der Waals surface area contributed by atoms with Gasteiger partial charge in [0.15, 0.2) is 5.78 Å². The molecule has 3 amide bonds. The Balaban J connectivity index is 3.85. The van der Waals surface area contributed by atoms with E-state index in [2.05, 4.69) is 35.0 Å². The topological polar surface area (TPSA) is 182 Å². The van der Waals surface area contributed by atoms with Crippen LogP contribution >= 0.6 is 0 Å². The lowest BCUT2D eigenvalue weighted by atomic mass is 10.0. The quantitative estimate of drug-likeness (QED) is 0.0398. The molecule has 0 spiro atoms. The van der Waals surface area contributed by atoms with E-state index in [1.807, 2.05) is 0 Å². The van der Waals surface area contributed by atoms with Crippen molar-refractivity contribution in [2.75, 3.05) is 19.6 Å². The molecule has 0 aliphatic heterocycles. The number of hydrogen-bond donors (Lipinski definition) is 6. The first-order chi connectivity index (χ1) is 22.7. The van der Waals surface area contributed by atoms with Crippen LogP contribution in [0.15, 0.2) is 12.2 Å². The van der Waals surface area contributed by atoms with Gasteiger partial charge in [0, 0.05) is 19.5 Å². The van der Waals surface area contributed by atoms with Gasteiger partial charge in [-0.15, -0.1) is 0 Å². The smallest absolute Gasteiger partial charge is 0.236 e. The first kappa shape index (κ1) is 44.7.